The van der Waals surface area contributed by atoms with Gasteiger partial charge in [-0.25, -0.2) is 0 Å². The Balaban J connectivity index is 3.05. The van der Waals surface area contributed by atoms with Gasteiger partial charge in [0, 0.05) is 14.6 Å². The number of benzene rings is 1. The summed E-state index contributed by atoms with van der Waals surface area (Å²) in [6.45, 7) is 4.20. The largest absolute Gasteiger partial charge is 0.324 e. The van der Waals surface area contributed by atoms with E-state index in [2.05, 4.69) is 36.4 Å². The second kappa shape index (κ2) is 4.62. The van der Waals surface area contributed by atoms with Crippen LogP contribution in [0.2, 0.25) is 5.02 Å². The van der Waals surface area contributed by atoms with Crippen LogP contribution in [0.15, 0.2) is 18.2 Å². The minimum absolute atomic E-state index is 0.0298. The SMILES string of the molecule is CC(C)C(N)c1cc(I)ccc1Cl. The first-order chi connectivity index (χ1) is 6.02. The van der Waals surface area contributed by atoms with Crippen LogP contribution in [-0.2, 0) is 0 Å². The zero-order valence-electron chi connectivity index (χ0n) is 7.72. The van der Waals surface area contributed by atoms with E-state index in [4.69, 9.17) is 17.3 Å². The van der Waals surface area contributed by atoms with Gasteiger partial charge in [0.2, 0.25) is 0 Å². The van der Waals surface area contributed by atoms with Crippen molar-refractivity contribution in [3.8, 4) is 0 Å². The Kier molecular flexibility index (Phi) is 4.01. The minimum atomic E-state index is 0.0298. The first-order valence-corrected chi connectivity index (χ1v) is 5.68. The number of hydrogen-bond donors (Lipinski definition) is 1. The van der Waals surface area contributed by atoms with Crippen LogP contribution in [0.1, 0.15) is 25.5 Å². The normalized spacial score (nSPS) is 13.4. The van der Waals surface area contributed by atoms with Gasteiger partial charge in [0.1, 0.15) is 0 Å². The predicted octanol–water partition coefficient (Wildman–Crippen LogP) is 3.60. The summed E-state index contributed by atoms with van der Waals surface area (Å²) in [6.07, 6.45) is 0. The molecule has 2 N–H and O–H groups in total. The molecule has 13 heavy (non-hydrogen) atoms. The average Bonchev–Trinajstić information content (AvgIpc) is 2.08. The molecule has 1 aromatic carbocycles. The molecule has 0 saturated heterocycles. The van der Waals surface area contributed by atoms with Crippen molar-refractivity contribution >= 4 is 34.2 Å². The Morgan fingerprint density at radius 3 is 2.54 bits per heavy atom. The Labute approximate surface area is 97.8 Å². The van der Waals surface area contributed by atoms with Crippen molar-refractivity contribution < 1.29 is 0 Å². The van der Waals surface area contributed by atoms with Crippen molar-refractivity contribution in [2.75, 3.05) is 0 Å². The summed E-state index contributed by atoms with van der Waals surface area (Å²) in [7, 11) is 0. The van der Waals surface area contributed by atoms with Crippen LogP contribution in [-0.4, -0.2) is 0 Å². The molecule has 0 aliphatic heterocycles. The molecule has 0 aliphatic rings. The van der Waals surface area contributed by atoms with Gasteiger partial charge in [0.25, 0.3) is 0 Å². The maximum absolute atomic E-state index is 6.05. The lowest BCUT2D eigenvalue weighted by Crippen LogP contribution is -2.17. The molecule has 0 saturated carbocycles. The molecule has 0 aromatic heterocycles. The molecule has 1 aromatic rings. The number of rotatable bonds is 2. The van der Waals surface area contributed by atoms with Crippen molar-refractivity contribution in [2.24, 2.45) is 11.7 Å². The molecular formula is C10H13ClIN. The first-order valence-electron chi connectivity index (χ1n) is 4.23. The van der Waals surface area contributed by atoms with E-state index in [-0.39, 0.29) is 6.04 Å². The van der Waals surface area contributed by atoms with Gasteiger partial charge in [-0.05, 0) is 52.3 Å². The molecule has 0 aliphatic carbocycles. The molecule has 1 atom stereocenters. The van der Waals surface area contributed by atoms with Gasteiger partial charge in [0.15, 0.2) is 0 Å². The fraction of sp³-hybridized carbons (Fsp3) is 0.400. The maximum atomic E-state index is 6.05. The van der Waals surface area contributed by atoms with E-state index < -0.39 is 0 Å². The van der Waals surface area contributed by atoms with E-state index in [1.807, 2.05) is 18.2 Å². The highest BCUT2D eigenvalue weighted by Gasteiger charge is 2.13. The Morgan fingerprint density at radius 2 is 2.00 bits per heavy atom. The molecule has 0 fully saturated rings. The van der Waals surface area contributed by atoms with Crippen molar-refractivity contribution in [1.29, 1.82) is 0 Å². The maximum Gasteiger partial charge on any atom is 0.0454 e. The zero-order chi connectivity index (χ0) is 10.0. The number of nitrogens with two attached hydrogens (primary N) is 1. The van der Waals surface area contributed by atoms with Gasteiger partial charge in [-0.3, -0.25) is 0 Å². The van der Waals surface area contributed by atoms with Crippen molar-refractivity contribution in [3.63, 3.8) is 0 Å². The molecule has 1 rings (SSSR count). The van der Waals surface area contributed by atoms with Gasteiger partial charge >= 0.3 is 0 Å². The van der Waals surface area contributed by atoms with Gasteiger partial charge in [0.05, 0.1) is 0 Å². The molecular weight excluding hydrogens is 296 g/mol. The van der Waals surface area contributed by atoms with E-state index in [0.717, 1.165) is 10.6 Å². The van der Waals surface area contributed by atoms with Crippen LogP contribution in [0, 0.1) is 9.49 Å². The van der Waals surface area contributed by atoms with E-state index in [0.29, 0.717) is 5.92 Å². The van der Waals surface area contributed by atoms with Crippen LogP contribution in [0.4, 0.5) is 0 Å². The second-order valence-electron chi connectivity index (χ2n) is 3.44. The van der Waals surface area contributed by atoms with Gasteiger partial charge < -0.3 is 5.73 Å². The highest BCUT2D eigenvalue weighted by molar-refractivity contribution is 14.1. The van der Waals surface area contributed by atoms with Crippen molar-refractivity contribution in [3.05, 3.63) is 32.4 Å². The van der Waals surface area contributed by atoms with Gasteiger partial charge in [-0.1, -0.05) is 25.4 Å². The standard InChI is InChI=1S/C10H13ClIN/c1-6(2)10(13)8-5-7(12)3-4-9(8)11/h3-6,10H,13H2,1-2H3. The third kappa shape index (κ3) is 2.82. The number of halogens is 2. The van der Waals surface area contributed by atoms with Crippen LogP contribution in [0.3, 0.4) is 0 Å². The lowest BCUT2D eigenvalue weighted by molar-refractivity contribution is 0.514. The lowest BCUT2D eigenvalue weighted by atomic mass is 9.97. The van der Waals surface area contributed by atoms with Crippen LogP contribution >= 0.6 is 34.2 Å². The summed E-state index contributed by atoms with van der Waals surface area (Å²) < 4.78 is 1.17. The van der Waals surface area contributed by atoms with Crippen molar-refractivity contribution in [1.82, 2.24) is 0 Å². The molecule has 3 heteroatoms. The fourth-order valence-corrected chi connectivity index (χ4v) is 1.89. The Bertz CT molecular complexity index is 299. The Hall–Kier alpha value is 0.200. The molecule has 0 spiro atoms. The second-order valence-corrected chi connectivity index (χ2v) is 5.09. The summed E-state index contributed by atoms with van der Waals surface area (Å²) in [5.41, 5.74) is 7.06. The summed E-state index contributed by atoms with van der Waals surface area (Å²) in [5.74, 6) is 0.413. The molecule has 1 nitrogen and oxygen atoms in total. The minimum Gasteiger partial charge on any atom is -0.324 e. The zero-order valence-corrected chi connectivity index (χ0v) is 10.6. The third-order valence-electron chi connectivity index (χ3n) is 2.04. The smallest absolute Gasteiger partial charge is 0.0454 e. The van der Waals surface area contributed by atoms with Gasteiger partial charge in [-0.2, -0.15) is 0 Å². The average molecular weight is 310 g/mol. The highest BCUT2D eigenvalue weighted by atomic mass is 127. The Morgan fingerprint density at radius 1 is 1.38 bits per heavy atom. The highest BCUT2D eigenvalue weighted by Crippen LogP contribution is 2.27. The molecule has 0 heterocycles. The summed E-state index contributed by atoms with van der Waals surface area (Å²) in [5, 5.41) is 0.765. The molecule has 0 bridgehead atoms. The van der Waals surface area contributed by atoms with Crippen LogP contribution in [0.5, 0.6) is 0 Å². The predicted molar refractivity (Wildman–Crippen MR) is 65.9 cm³/mol. The van der Waals surface area contributed by atoms with Crippen LogP contribution in [0.25, 0.3) is 0 Å². The van der Waals surface area contributed by atoms with Crippen LogP contribution < -0.4 is 5.73 Å². The summed E-state index contributed by atoms with van der Waals surface area (Å²) >= 11 is 8.32. The summed E-state index contributed by atoms with van der Waals surface area (Å²) in [6, 6.07) is 5.97. The first kappa shape index (κ1) is 11.3. The number of hydrogen-bond acceptors (Lipinski definition) is 1. The molecule has 0 radical (unpaired) electrons. The lowest BCUT2D eigenvalue weighted by Gasteiger charge is -2.17. The summed E-state index contributed by atoms with van der Waals surface area (Å²) in [4.78, 5) is 0. The monoisotopic (exact) mass is 309 g/mol. The van der Waals surface area contributed by atoms with Gasteiger partial charge in [-0.15, -0.1) is 0 Å². The quantitative estimate of drug-likeness (QED) is 0.830. The molecule has 1 unspecified atom stereocenters. The molecule has 0 amide bonds. The van der Waals surface area contributed by atoms with E-state index in [1.165, 1.54) is 3.57 Å². The van der Waals surface area contributed by atoms with E-state index in [1.54, 1.807) is 0 Å². The molecule has 72 valence electrons. The van der Waals surface area contributed by atoms with E-state index in [9.17, 15) is 0 Å². The fourth-order valence-electron chi connectivity index (χ4n) is 1.13. The van der Waals surface area contributed by atoms with Crippen molar-refractivity contribution in [2.45, 2.75) is 19.9 Å². The third-order valence-corrected chi connectivity index (χ3v) is 3.05. The topological polar surface area (TPSA) is 26.0 Å². The van der Waals surface area contributed by atoms with E-state index >= 15 is 0 Å².